The summed E-state index contributed by atoms with van der Waals surface area (Å²) in [6, 6.07) is 5.32. The third kappa shape index (κ3) is 2.76. The number of halogens is 3. The van der Waals surface area contributed by atoms with E-state index in [4.69, 9.17) is 0 Å². The summed E-state index contributed by atoms with van der Waals surface area (Å²) in [6.45, 7) is 0. The fourth-order valence-electron chi connectivity index (χ4n) is 2.67. The molecular weight excluding hydrogens is 375 g/mol. The zero-order valence-electron chi connectivity index (χ0n) is 12.9. The number of alkyl halides is 3. The van der Waals surface area contributed by atoms with Gasteiger partial charge in [0.25, 0.3) is 11.8 Å². The Bertz CT molecular complexity index is 964. The number of hydrogen-bond donors (Lipinski definition) is 0. The molecule has 0 radical (unpaired) electrons. The van der Waals surface area contributed by atoms with Gasteiger partial charge in [-0.2, -0.15) is 13.2 Å². The lowest BCUT2D eigenvalue weighted by Crippen LogP contribution is -2.31. The molecule has 0 fully saturated rings. The molecule has 1 aliphatic rings. The Labute approximate surface area is 146 Å². The first-order valence-corrected chi connectivity index (χ1v) is 7.06. The Hall–Kier alpha value is -3.83. The topological polar surface area (TPSA) is 124 Å². The van der Waals surface area contributed by atoms with Crippen LogP contribution in [-0.2, 0) is 6.18 Å². The van der Waals surface area contributed by atoms with Gasteiger partial charge in [0.05, 0.1) is 26.5 Å². The van der Waals surface area contributed by atoms with Crippen LogP contribution in [0.1, 0.15) is 26.3 Å². The SMILES string of the molecule is O=C1c2ccccc2C(=O)N1c1c([N+](=O)[O-])cc(C(F)(F)F)cc1[N+](=O)[O-]. The highest BCUT2D eigenvalue weighted by atomic mass is 19.4. The van der Waals surface area contributed by atoms with Crippen molar-refractivity contribution in [1.82, 2.24) is 0 Å². The molecule has 1 aliphatic heterocycles. The number of benzene rings is 2. The lowest BCUT2D eigenvalue weighted by Gasteiger charge is -2.16. The van der Waals surface area contributed by atoms with Crippen molar-refractivity contribution in [2.45, 2.75) is 6.18 Å². The number of amides is 2. The molecule has 0 atom stereocenters. The number of fused-ring (bicyclic) bond motifs is 1. The molecule has 138 valence electrons. The summed E-state index contributed by atoms with van der Waals surface area (Å²) in [5, 5.41) is 22.6. The van der Waals surface area contributed by atoms with Gasteiger partial charge in [-0.15, -0.1) is 0 Å². The van der Waals surface area contributed by atoms with Crippen molar-refractivity contribution in [3.05, 3.63) is 73.3 Å². The van der Waals surface area contributed by atoms with Gasteiger partial charge in [0.15, 0.2) is 0 Å². The van der Waals surface area contributed by atoms with E-state index in [9.17, 15) is 43.0 Å². The van der Waals surface area contributed by atoms with Crippen molar-refractivity contribution in [3.8, 4) is 0 Å². The van der Waals surface area contributed by atoms with Crippen LogP contribution in [0.15, 0.2) is 36.4 Å². The molecule has 0 spiro atoms. The van der Waals surface area contributed by atoms with E-state index in [1.807, 2.05) is 0 Å². The van der Waals surface area contributed by atoms with E-state index < -0.39 is 50.5 Å². The minimum Gasteiger partial charge on any atom is -0.268 e. The van der Waals surface area contributed by atoms with Gasteiger partial charge >= 0.3 is 17.6 Å². The second kappa shape index (κ2) is 5.86. The van der Waals surface area contributed by atoms with Crippen molar-refractivity contribution in [2.24, 2.45) is 0 Å². The first-order valence-electron chi connectivity index (χ1n) is 7.06. The van der Waals surface area contributed by atoms with Gasteiger partial charge in [-0.1, -0.05) is 12.1 Å². The second-order valence-corrected chi connectivity index (χ2v) is 5.37. The molecule has 3 rings (SSSR count). The van der Waals surface area contributed by atoms with Crippen molar-refractivity contribution in [2.75, 3.05) is 4.90 Å². The molecule has 2 aromatic rings. The summed E-state index contributed by atoms with van der Waals surface area (Å²) in [5.74, 6) is -2.22. The highest BCUT2D eigenvalue weighted by Crippen LogP contribution is 2.45. The number of nitrogens with zero attached hydrogens (tertiary/aromatic N) is 3. The van der Waals surface area contributed by atoms with Crippen molar-refractivity contribution >= 4 is 28.9 Å². The third-order valence-corrected chi connectivity index (χ3v) is 3.81. The van der Waals surface area contributed by atoms with Crippen LogP contribution in [0.4, 0.5) is 30.2 Å². The average Bonchev–Trinajstić information content (AvgIpc) is 2.84. The van der Waals surface area contributed by atoms with Crippen molar-refractivity contribution in [1.29, 1.82) is 0 Å². The van der Waals surface area contributed by atoms with Crippen LogP contribution >= 0.6 is 0 Å². The molecule has 27 heavy (non-hydrogen) atoms. The minimum absolute atomic E-state index is 0.0475. The number of rotatable bonds is 3. The lowest BCUT2D eigenvalue weighted by atomic mass is 10.1. The smallest absolute Gasteiger partial charge is 0.268 e. The first kappa shape index (κ1) is 18.0. The number of imide groups is 1. The van der Waals surface area contributed by atoms with E-state index in [0.717, 1.165) is 0 Å². The monoisotopic (exact) mass is 381 g/mol. The minimum atomic E-state index is -5.12. The Morgan fingerprint density at radius 1 is 0.852 bits per heavy atom. The molecule has 0 bridgehead atoms. The lowest BCUT2D eigenvalue weighted by molar-refractivity contribution is -0.392. The van der Waals surface area contributed by atoms with Gasteiger partial charge in [0.2, 0.25) is 5.69 Å². The number of anilines is 1. The van der Waals surface area contributed by atoms with Crippen LogP contribution in [0.3, 0.4) is 0 Å². The maximum absolute atomic E-state index is 13.0. The Balaban J connectivity index is 2.33. The van der Waals surface area contributed by atoms with Gasteiger partial charge < -0.3 is 0 Å². The maximum atomic E-state index is 13.0. The molecule has 9 nitrogen and oxygen atoms in total. The summed E-state index contributed by atoms with van der Waals surface area (Å²) in [7, 11) is 0. The van der Waals surface area contributed by atoms with Gasteiger partial charge in [-0.3, -0.25) is 29.8 Å². The number of hydrogen-bond acceptors (Lipinski definition) is 6. The van der Waals surface area contributed by atoms with Gasteiger partial charge in [-0.05, 0) is 12.1 Å². The van der Waals surface area contributed by atoms with Crippen LogP contribution in [0.25, 0.3) is 0 Å². The molecular formula is C15H6F3N3O6. The van der Waals surface area contributed by atoms with Crippen LogP contribution in [0.2, 0.25) is 0 Å². The average molecular weight is 381 g/mol. The largest absolute Gasteiger partial charge is 0.416 e. The molecule has 0 saturated carbocycles. The van der Waals surface area contributed by atoms with E-state index in [-0.39, 0.29) is 28.2 Å². The summed E-state index contributed by atoms with van der Waals surface area (Å²) in [5.41, 5.74) is -5.89. The van der Waals surface area contributed by atoms with Crippen molar-refractivity contribution < 1.29 is 32.6 Å². The van der Waals surface area contributed by atoms with E-state index in [0.29, 0.717) is 0 Å². The van der Waals surface area contributed by atoms with E-state index in [1.165, 1.54) is 24.3 Å². The highest BCUT2D eigenvalue weighted by molar-refractivity contribution is 6.35. The molecule has 2 aromatic carbocycles. The molecule has 0 unspecified atom stereocenters. The van der Waals surface area contributed by atoms with E-state index >= 15 is 0 Å². The van der Waals surface area contributed by atoms with Crippen LogP contribution in [0, 0.1) is 20.2 Å². The first-order chi connectivity index (χ1) is 12.5. The van der Waals surface area contributed by atoms with Crippen molar-refractivity contribution in [3.63, 3.8) is 0 Å². The normalized spacial score (nSPS) is 13.7. The van der Waals surface area contributed by atoms with E-state index in [1.54, 1.807) is 0 Å². The van der Waals surface area contributed by atoms with E-state index in [2.05, 4.69) is 0 Å². The zero-order chi connectivity index (χ0) is 20.1. The third-order valence-electron chi connectivity index (χ3n) is 3.81. The fourth-order valence-corrected chi connectivity index (χ4v) is 2.67. The summed E-state index contributed by atoms with van der Waals surface area (Å²) in [6.07, 6.45) is -5.12. The fraction of sp³-hybridized carbons (Fsp3) is 0.0667. The molecule has 2 amide bonds. The van der Waals surface area contributed by atoms with Gasteiger partial charge in [-0.25, -0.2) is 4.90 Å². The summed E-state index contributed by atoms with van der Waals surface area (Å²) < 4.78 is 38.9. The molecule has 1 heterocycles. The van der Waals surface area contributed by atoms with Crippen LogP contribution in [0.5, 0.6) is 0 Å². The number of nitro groups is 2. The van der Waals surface area contributed by atoms with Crippen LogP contribution < -0.4 is 4.90 Å². The molecule has 0 aromatic heterocycles. The highest BCUT2D eigenvalue weighted by Gasteiger charge is 2.46. The molecule has 0 aliphatic carbocycles. The summed E-state index contributed by atoms with van der Waals surface area (Å²) >= 11 is 0. The summed E-state index contributed by atoms with van der Waals surface area (Å²) in [4.78, 5) is 45.0. The Morgan fingerprint density at radius 2 is 1.26 bits per heavy atom. The number of carbonyl (C=O) groups is 2. The quantitative estimate of drug-likeness (QED) is 0.456. The predicted molar refractivity (Wildman–Crippen MR) is 82.3 cm³/mol. The van der Waals surface area contributed by atoms with Crippen LogP contribution in [-0.4, -0.2) is 21.7 Å². The van der Waals surface area contributed by atoms with Gasteiger partial charge in [0.1, 0.15) is 0 Å². The zero-order valence-corrected chi connectivity index (χ0v) is 12.9. The van der Waals surface area contributed by atoms with Gasteiger partial charge in [0, 0.05) is 12.1 Å². The predicted octanol–water partition coefficient (Wildman–Crippen LogP) is 3.32. The molecule has 0 N–H and O–H groups in total. The Kier molecular flexibility index (Phi) is 3.90. The second-order valence-electron chi connectivity index (χ2n) is 5.37. The molecule has 12 heteroatoms. The molecule has 0 saturated heterocycles. The Morgan fingerprint density at radius 3 is 1.59 bits per heavy atom. The number of carbonyl (C=O) groups excluding carboxylic acids is 2. The standard InChI is InChI=1S/C15H6F3N3O6/c16-15(17,18)7-5-10(20(24)25)12(11(6-7)21(26)27)19-13(22)8-3-1-2-4-9(8)14(19)23/h1-6H. The number of nitro benzene ring substituents is 2. The maximum Gasteiger partial charge on any atom is 0.416 e.